The molecule has 1 aromatic heterocycles. The van der Waals surface area contributed by atoms with Crippen molar-refractivity contribution >= 4 is 28.3 Å². The van der Waals surface area contributed by atoms with E-state index in [9.17, 15) is 0 Å². The van der Waals surface area contributed by atoms with Crippen molar-refractivity contribution in [1.82, 2.24) is 4.98 Å². The highest BCUT2D eigenvalue weighted by Gasteiger charge is 2.05. The summed E-state index contributed by atoms with van der Waals surface area (Å²) in [6, 6.07) is 5.44. The predicted molar refractivity (Wildman–Crippen MR) is 54.3 cm³/mol. The van der Waals surface area contributed by atoms with Crippen LogP contribution < -0.4 is 5.73 Å². The zero-order valence-electron chi connectivity index (χ0n) is 6.76. The van der Waals surface area contributed by atoms with Gasteiger partial charge in [0.2, 0.25) is 0 Å². The van der Waals surface area contributed by atoms with E-state index in [4.69, 9.17) is 22.7 Å². The standard InChI is InChI=1S/C9H8ClN3/c10-5-1-2-6-7(9(11)12)4-13-8(6)3-5/h1-4,13H,(H3,11,12). The fourth-order valence-electron chi connectivity index (χ4n) is 1.32. The molecule has 3 nitrogen and oxygen atoms in total. The Labute approximate surface area is 80.0 Å². The molecule has 0 atom stereocenters. The number of nitrogens with one attached hydrogen (secondary N) is 2. The van der Waals surface area contributed by atoms with Crippen molar-refractivity contribution in [2.24, 2.45) is 5.73 Å². The third kappa shape index (κ3) is 1.27. The number of rotatable bonds is 1. The number of nitrogen functional groups attached to an aromatic ring is 1. The zero-order chi connectivity index (χ0) is 9.42. The van der Waals surface area contributed by atoms with Gasteiger partial charge in [-0.05, 0) is 12.1 Å². The highest BCUT2D eigenvalue weighted by Crippen LogP contribution is 2.21. The molecule has 0 bridgehead atoms. The average molecular weight is 194 g/mol. The summed E-state index contributed by atoms with van der Waals surface area (Å²) >= 11 is 5.80. The first-order valence-corrected chi connectivity index (χ1v) is 4.17. The van der Waals surface area contributed by atoms with Gasteiger partial charge in [0, 0.05) is 27.7 Å². The number of halogens is 1. The summed E-state index contributed by atoms with van der Waals surface area (Å²) in [7, 11) is 0. The molecule has 13 heavy (non-hydrogen) atoms. The Kier molecular flexibility index (Phi) is 1.74. The van der Waals surface area contributed by atoms with Crippen LogP contribution in [-0.4, -0.2) is 10.8 Å². The number of nitrogens with two attached hydrogens (primary N) is 1. The van der Waals surface area contributed by atoms with Crippen molar-refractivity contribution < 1.29 is 0 Å². The van der Waals surface area contributed by atoms with Gasteiger partial charge in [-0.3, -0.25) is 5.41 Å². The summed E-state index contributed by atoms with van der Waals surface area (Å²) in [5, 5.41) is 8.91. The second kappa shape index (κ2) is 2.78. The van der Waals surface area contributed by atoms with Gasteiger partial charge in [0.15, 0.2) is 0 Å². The molecule has 0 amide bonds. The minimum Gasteiger partial charge on any atom is -0.384 e. The molecule has 0 saturated carbocycles. The van der Waals surface area contributed by atoms with Crippen LogP contribution in [0.25, 0.3) is 10.9 Å². The Morgan fingerprint density at radius 3 is 2.92 bits per heavy atom. The first-order chi connectivity index (χ1) is 6.18. The lowest BCUT2D eigenvalue weighted by Crippen LogP contribution is -2.09. The van der Waals surface area contributed by atoms with E-state index in [1.165, 1.54) is 0 Å². The number of hydrogen-bond donors (Lipinski definition) is 3. The number of benzene rings is 1. The van der Waals surface area contributed by atoms with Crippen molar-refractivity contribution in [3.8, 4) is 0 Å². The van der Waals surface area contributed by atoms with Gasteiger partial charge in [-0.2, -0.15) is 0 Å². The normalized spacial score (nSPS) is 10.5. The van der Waals surface area contributed by atoms with Gasteiger partial charge in [0.25, 0.3) is 0 Å². The summed E-state index contributed by atoms with van der Waals surface area (Å²) in [6.45, 7) is 0. The largest absolute Gasteiger partial charge is 0.384 e. The van der Waals surface area contributed by atoms with E-state index < -0.39 is 0 Å². The van der Waals surface area contributed by atoms with E-state index >= 15 is 0 Å². The highest BCUT2D eigenvalue weighted by molar-refractivity contribution is 6.31. The lowest BCUT2D eigenvalue weighted by molar-refractivity contribution is 1.41. The van der Waals surface area contributed by atoms with Crippen molar-refractivity contribution in [2.75, 3.05) is 0 Å². The molecule has 0 aliphatic carbocycles. The van der Waals surface area contributed by atoms with Gasteiger partial charge in [0.1, 0.15) is 5.84 Å². The van der Waals surface area contributed by atoms with Gasteiger partial charge in [-0.1, -0.05) is 17.7 Å². The molecule has 0 radical (unpaired) electrons. The highest BCUT2D eigenvalue weighted by atomic mass is 35.5. The summed E-state index contributed by atoms with van der Waals surface area (Å²) < 4.78 is 0. The van der Waals surface area contributed by atoms with Crippen LogP contribution in [0, 0.1) is 5.41 Å². The van der Waals surface area contributed by atoms with Crippen LogP contribution in [0.3, 0.4) is 0 Å². The van der Waals surface area contributed by atoms with E-state index in [-0.39, 0.29) is 5.84 Å². The molecule has 66 valence electrons. The van der Waals surface area contributed by atoms with Crippen LogP contribution in [0.15, 0.2) is 24.4 Å². The molecule has 0 spiro atoms. The lowest BCUT2D eigenvalue weighted by atomic mass is 10.1. The molecule has 0 saturated heterocycles. The van der Waals surface area contributed by atoms with Crippen molar-refractivity contribution in [3.05, 3.63) is 35.0 Å². The maximum atomic E-state index is 7.31. The summed E-state index contributed by atoms with van der Waals surface area (Å²) in [4.78, 5) is 3.01. The molecule has 2 rings (SSSR count). The molecule has 2 aromatic rings. The van der Waals surface area contributed by atoms with Gasteiger partial charge >= 0.3 is 0 Å². The van der Waals surface area contributed by atoms with Crippen molar-refractivity contribution in [1.29, 1.82) is 5.41 Å². The smallest absolute Gasteiger partial charge is 0.124 e. The quantitative estimate of drug-likeness (QED) is 0.471. The Balaban J connectivity index is 2.76. The molecule has 4 N–H and O–H groups in total. The Hall–Kier alpha value is -1.48. The Bertz CT molecular complexity index is 473. The van der Waals surface area contributed by atoms with Crippen LogP contribution in [0.5, 0.6) is 0 Å². The second-order valence-electron chi connectivity index (χ2n) is 2.81. The maximum Gasteiger partial charge on any atom is 0.124 e. The number of hydrogen-bond acceptors (Lipinski definition) is 1. The lowest BCUT2D eigenvalue weighted by Gasteiger charge is -1.94. The molecule has 0 aliphatic rings. The fourth-order valence-corrected chi connectivity index (χ4v) is 1.49. The zero-order valence-corrected chi connectivity index (χ0v) is 7.52. The van der Waals surface area contributed by atoms with Gasteiger partial charge < -0.3 is 10.7 Å². The summed E-state index contributed by atoms with van der Waals surface area (Å²) in [6.07, 6.45) is 1.71. The number of H-pyrrole nitrogens is 1. The molecular weight excluding hydrogens is 186 g/mol. The predicted octanol–water partition coefficient (Wildman–Crippen LogP) is 2.11. The van der Waals surface area contributed by atoms with Crippen LogP contribution in [0.4, 0.5) is 0 Å². The third-order valence-corrected chi connectivity index (χ3v) is 2.17. The van der Waals surface area contributed by atoms with E-state index in [0.29, 0.717) is 10.6 Å². The first kappa shape index (κ1) is 8.13. The Morgan fingerprint density at radius 1 is 1.46 bits per heavy atom. The molecule has 0 fully saturated rings. The first-order valence-electron chi connectivity index (χ1n) is 3.79. The minimum atomic E-state index is 0.0635. The number of amidine groups is 1. The minimum absolute atomic E-state index is 0.0635. The number of aromatic amines is 1. The molecule has 1 aromatic carbocycles. The summed E-state index contributed by atoms with van der Waals surface area (Å²) in [5.74, 6) is 0.0635. The fraction of sp³-hybridized carbons (Fsp3) is 0. The van der Waals surface area contributed by atoms with Crippen molar-refractivity contribution in [2.45, 2.75) is 0 Å². The topological polar surface area (TPSA) is 65.7 Å². The van der Waals surface area contributed by atoms with Crippen LogP contribution >= 0.6 is 11.6 Å². The van der Waals surface area contributed by atoms with Crippen LogP contribution in [-0.2, 0) is 0 Å². The summed E-state index contributed by atoms with van der Waals surface area (Å²) in [5.41, 5.74) is 7.01. The van der Waals surface area contributed by atoms with Crippen LogP contribution in [0.1, 0.15) is 5.56 Å². The van der Waals surface area contributed by atoms with Gasteiger partial charge in [0.05, 0.1) is 0 Å². The molecule has 1 heterocycles. The number of fused-ring (bicyclic) bond motifs is 1. The van der Waals surface area contributed by atoms with E-state index in [0.717, 1.165) is 10.9 Å². The van der Waals surface area contributed by atoms with Crippen molar-refractivity contribution in [3.63, 3.8) is 0 Å². The monoisotopic (exact) mass is 193 g/mol. The van der Waals surface area contributed by atoms with E-state index in [1.54, 1.807) is 12.3 Å². The second-order valence-corrected chi connectivity index (χ2v) is 3.24. The van der Waals surface area contributed by atoms with Gasteiger partial charge in [-0.25, -0.2) is 0 Å². The van der Waals surface area contributed by atoms with Crippen LogP contribution in [0.2, 0.25) is 5.02 Å². The molecule has 0 aliphatic heterocycles. The van der Waals surface area contributed by atoms with E-state index in [2.05, 4.69) is 4.98 Å². The SMILES string of the molecule is N=C(N)c1c[nH]c2cc(Cl)ccc12. The number of aromatic nitrogens is 1. The maximum absolute atomic E-state index is 7.31. The van der Waals surface area contributed by atoms with E-state index in [1.807, 2.05) is 12.1 Å². The third-order valence-electron chi connectivity index (χ3n) is 1.93. The molecular formula is C9H8ClN3. The molecule has 4 heteroatoms. The van der Waals surface area contributed by atoms with Gasteiger partial charge in [-0.15, -0.1) is 0 Å². The Morgan fingerprint density at radius 2 is 2.23 bits per heavy atom. The average Bonchev–Trinajstić information content (AvgIpc) is 2.46. The molecule has 0 unspecified atom stereocenters.